The minimum Gasteiger partial charge on any atom is -0.493 e. The highest BCUT2D eigenvalue weighted by Gasteiger charge is 2.40. The standard InChI is InChI=1S/C23H20N2O5/c26-21-9-8-18(22(27)24-21)25-13-17-16(23(25)28)5-3-7-20(17)29-11-10-15-12-14-4-1-2-6-19(14)30-15/h1-7,12,18H,8-11,13H2,(H,24,26,27). The van der Waals surface area contributed by atoms with Gasteiger partial charge in [-0.15, -0.1) is 0 Å². The van der Waals surface area contributed by atoms with Crippen LogP contribution in [0.4, 0.5) is 0 Å². The molecule has 1 fully saturated rings. The summed E-state index contributed by atoms with van der Waals surface area (Å²) in [5, 5.41) is 3.37. The van der Waals surface area contributed by atoms with Crippen molar-refractivity contribution >= 4 is 28.7 Å². The molecule has 30 heavy (non-hydrogen) atoms. The molecule has 1 saturated heterocycles. The molecule has 0 aliphatic carbocycles. The zero-order valence-electron chi connectivity index (χ0n) is 16.2. The van der Waals surface area contributed by atoms with E-state index in [2.05, 4.69) is 5.32 Å². The number of rotatable bonds is 5. The molecule has 152 valence electrons. The summed E-state index contributed by atoms with van der Waals surface area (Å²) in [5.41, 5.74) is 2.16. The average molecular weight is 404 g/mol. The first kappa shape index (κ1) is 18.4. The molecule has 0 saturated carbocycles. The van der Waals surface area contributed by atoms with Crippen LogP contribution in [0, 0.1) is 0 Å². The van der Waals surface area contributed by atoms with Crippen LogP contribution >= 0.6 is 0 Å². The maximum atomic E-state index is 12.9. The number of amides is 3. The Labute approximate surface area is 172 Å². The van der Waals surface area contributed by atoms with E-state index in [0.717, 1.165) is 22.3 Å². The molecule has 1 atom stereocenters. The molecule has 2 aromatic carbocycles. The molecule has 1 aromatic heterocycles. The predicted octanol–water partition coefficient (Wildman–Crippen LogP) is 2.82. The van der Waals surface area contributed by atoms with Crippen molar-refractivity contribution in [2.24, 2.45) is 0 Å². The highest BCUT2D eigenvalue weighted by Crippen LogP contribution is 2.33. The van der Waals surface area contributed by atoms with E-state index in [0.29, 0.717) is 37.3 Å². The topological polar surface area (TPSA) is 88.9 Å². The number of nitrogens with one attached hydrogen (secondary N) is 1. The number of para-hydroxylation sites is 1. The zero-order valence-corrected chi connectivity index (χ0v) is 16.2. The summed E-state index contributed by atoms with van der Waals surface area (Å²) in [6.45, 7) is 0.699. The van der Waals surface area contributed by atoms with Crippen LogP contribution in [-0.4, -0.2) is 35.3 Å². The Morgan fingerprint density at radius 2 is 1.97 bits per heavy atom. The van der Waals surface area contributed by atoms with Crippen molar-refractivity contribution in [1.29, 1.82) is 0 Å². The van der Waals surface area contributed by atoms with E-state index in [1.54, 1.807) is 12.1 Å². The summed E-state index contributed by atoms with van der Waals surface area (Å²) in [5.74, 6) is 0.550. The number of carbonyl (C=O) groups is 3. The first-order valence-corrected chi connectivity index (χ1v) is 9.97. The Bertz CT molecular complexity index is 1130. The van der Waals surface area contributed by atoms with Crippen LogP contribution in [-0.2, 0) is 22.6 Å². The van der Waals surface area contributed by atoms with E-state index >= 15 is 0 Å². The van der Waals surface area contributed by atoms with E-state index in [-0.39, 0.29) is 18.2 Å². The number of ether oxygens (including phenoxy) is 1. The number of piperidine rings is 1. The molecule has 2 aliphatic rings. The number of imide groups is 1. The second-order valence-corrected chi connectivity index (χ2v) is 7.53. The molecule has 7 heteroatoms. The van der Waals surface area contributed by atoms with Gasteiger partial charge in [0.05, 0.1) is 13.2 Å². The smallest absolute Gasteiger partial charge is 0.255 e. The van der Waals surface area contributed by atoms with Gasteiger partial charge in [-0.3, -0.25) is 19.7 Å². The van der Waals surface area contributed by atoms with Gasteiger partial charge >= 0.3 is 0 Å². The molecule has 5 rings (SSSR count). The number of hydrogen-bond donors (Lipinski definition) is 1. The Morgan fingerprint density at radius 1 is 1.10 bits per heavy atom. The van der Waals surface area contributed by atoms with Crippen molar-refractivity contribution in [2.75, 3.05) is 6.61 Å². The minimum atomic E-state index is -0.633. The summed E-state index contributed by atoms with van der Waals surface area (Å²) in [4.78, 5) is 38.0. The quantitative estimate of drug-likeness (QED) is 0.661. The number of carbonyl (C=O) groups excluding carboxylic acids is 3. The fraction of sp³-hybridized carbons (Fsp3) is 0.261. The van der Waals surface area contributed by atoms with E-state index < -0.39 is 11.9 Å². The number of nitrogens with zero attached hydrogens (tertiary/aromatic N) is 1. The number of hydrogen-bond acceptors (Lipinski definition) is 5. The summed E-state index contributed by atoms with van der Waals surface area (Å²) < 4.78 is 11.8. The van der Waals surface area contributed by atoms with Crippen LogP contribution in [0.25, 0.3) is 11.0 Å². The van der Waals surface area contributed by atoms with Crippen molar-refractivity contribution < 1.29 is 23.5 Å². The second kappa shape index (κ2) is 7.33. The zero-order chi connectivity index (χ0) is 20.7. The van der Waals surface area contributed by atoms with Gasteiger partial charge in [0.1, 0.15) is 23.1 Å². The van der Waals surface area contributed by atoms with Crippen LogP contribution in [0.2, 0.25) is 0 Å². The lowest BCUT2D eigenvalue weighted by Crippen LogP contribution is -2.52. The maximum Gasteiger partial charge on any atom is 0.255 e. The molecule has 0 radical (unpaired) electrons. The number of furan rings is 1. The van der Waals surface area contributed by atoms with Gasteiger partial charge in [-0.2, -0.15) is 0 Å². The Balaban J connectivity index is 1.29. The van der Waals surface area contributed by atoms with Crippen LogP contribution in [0.5, 0.6) is 5.75 Å². The summed E-state index contributed by atoms with van der Waals surface area (Å²) in [6.07, 6.45) is 1.17. The lowest BCUT2D eigenvalue weighted by Gasteiger charge is -2.29. The number of benzene rings is 2. The van der Waals surface area contributed by atoms with Gasteiger partial charge in [-0.05, 0) is 30.7 Å². The third kappa shape index (κ3) is 3.22. The van der Waals surface area contributed by atoms with Gasteiger partial charge in [0.15, 0.2) is 0 Å². The van der Waals surface area contributed by atoms with Gasteiger partial charge in [0.2, 0.25) is 11.8 Å². The molecule has 3 amide bonds. The molecule has 0 spiro atoms. The van der Waals surface area contributed by atoms with E-state index in [1.165, 1.54) is 4.90 Å². The summed E-state index contributed by atoms with van der Waals surface area (Å²) >= 11 is 0. The summed E-state index contributed by atoms with van der Waals surface area (Å²) in [7, 11) is 0. The molecule has 0 bridgehead atoms. The second-order valence-electron chi connectivity index (χ2n) is 7.53. The average Bonchev–Trinajstić information content (AvgIpc) is 3.30. The van der Waals surface area contributed by atoms with Crippen LogP contribution in [0.15, 0.2) is 52.9 Å². The van der Waals surface area contributed by atoms with Crippen molar-refractivity contribution in [1.82, 2.24) is 10.2 Å². The van der Waals surface area contributed by atoms with Crippen molar-refractivity contribution in [2.45, 2.75) is 31.8 Å². The number of fused-ring (bicyclic) bond motifs is 2. The predicted molar refractivity (Wildman–Crippen MR) is 108 cm³/mol. The Morgan fingerprint density at radius 3 is 2.80 bits per heavy atom. The third-order valence-electron chi connectivity index (χ3n) is 5.62. The first-order chi connectivity index (χ1) is 14.6. The van der Waals surface area contributed by atoms with Crippen LogP contribution in [0.1, 0.15) is 34.5 Å². The largest absolute Gasteiger partial charge is 0.493 e. The fourth-order valence-electron chi connectivity index (χ4n) is 4.11. The van der Waals surface area contributed by atoms with Crippen LogP contribution in [0.3, 0.4) is 0 Å². The first-order valence-electron chi connectivity index (χ1n) is 9.97. The van der Waals surface area contributed by atoms with Crippen molar-refractivity contribution in [3.05, 3.63) is 65.4 Å². The van der Waals surface area contributed by atoms with Gasteiger partial charge in [0.25, 0.3) is 5.91 Å². The lowest BCUT2D eigenvalue weighted by molar-refractivity contribution is -0.136. The molecule has 1 N–H and O–H groups in total. The van der Waals surface area contributed by atoms with Gasteiger partial charge < -0.3 is 14.1 Å². The van der Waals surface area contributed by atoms with E-state index in [1.807, 2.05) is 36.4 Å². The molecule has 2 aliphatic heterocycles. The summed E-state index contributed by atoms with van der Waals surface area (Å²) in [6, 6.07) is 14.6. The SMILES string of the molecule is O=C1CCC(N2Cc3c(OCCc4cc5ccccc5o4)cccc3C2=O)C(=O)N1. The molecule has 1 unspecified atom stereocenters. The van der Waals surface area contributed by atoms with Gasteiger partial charge in [-0.1, -0.05) is 24.3 Å². The molecular weight excluding hydrogens is 384 g/mol. The van der Waals surface area contributed by atoms with Gasteiger partial charge in [-0.25, -0.2) is 0 Å². The Hall–Kier alpha value is -3.61. The lowest BCUT2D eigenvalue weighted by atomic mass is 10.0. The molecular formula is C23H20N2O5. The molecule has 3 heterocycles. The Kier molecular flexibility index (Phi) is 4.50. The fourth-order valence-corrected chi connectivity index (χ4v) is 4.11. The third-order valence-corrected chi connectivity index (χ3v) is 5.62. The van der Waals surface area contributed by atoms with Crippen molar-refractivity contribution in [3.8, 4) is 5.75 Å². The molecule has 3 aromatic rings. The molecule has 7 nitrogen and oxygen atoms in total. The van der Waals surface area contributed by atoms with Gasteiger partial charge in [0, 0.05) is 29.4 Å². The highest BCUT2D eigenvalue weighted by atomic mass is 16.5. The van der Waals surface area contributed by atoms with Crippen molar-refractivity contribution in [3.63, 3.8) is 0 Å². The normalized spacial score (nSPS) is 18.6. The van der Waals surface area contributed by atoms with E-state index in [9.17, 15) is 14.4 Å². The highest BCUT2D eigenvalue weighted by molar-refractivity contribution is 6.05. The van der Waals surface area contributed by atoms with Crippen LogP contribution < -0.4 is 10.1 Å². The van der Waals surface area contributed by atoms with E-state index in [4.69, 9.17) is 9.15 Å². The monoisotopic (exact) mass is 404 g/mol. The minimum absolute atomic E-state index is 0.206. The maximum absolute atomic E-state index is 12.9.